The molecule has 0 aliphatic heterocycles. The molecule has 0 atom stereocenters. The monoisotopic (exact) mass is 276 g/mol. The SMILES string of the molecule is C=CCOC(=O)On1nnc2ccc(C(=O)NC)cc21. The van der Waals surface area contributed by atoms with Crippen LogP contribution in [0.4, 0.5) is 4.79 Å². The summed E-state index contributed by atoms with van der Waals surface area (Å²) < 4.78 is 4.67. The van der Waals surface area contributed by atoms with Crippen molar-refractivity contribution < 1.29 is 19.2 Å². The Morgan fingerprint density at radius 3 is 3.00 bits per heavy atom. The van der Waals surface area contributed by atoms with Crippen molar-refractivity contribution in [1.29, 1.82) is 0 Å². The van der Waals surface area contributed by atoms with Gasteiger partial charge in [-0.1, -0.05) is 17.5 Å². The van der Waals surface area contributed by atoms with Crippen molar-refractivity contribution >= 4 is 23.1 Å². The Balaban J connectivity index is 2.27. The molecule has 1 N–H and O–H groups in total. The molecule has 0 fully saturated rings. The first-order valence-electron chi connectivity index (χ1n) is 5.69. The molecular weight excluding hydrogens is 264 g/mol. The maximum Gasteiger partial charge on any atom is 0.535 e. The molecule has 0 saturated carbocycles. The van der Waals surface area contributed by atoms with Crippen molar-refractivity contribution in [3.63, 3.8) is 0 Å². The molecule has 1 aromatic carbocycles. The van der Waals surface area contributed by atoms with E-state index in [4.69, 9.17) is 4.84 Å². The van der Waals surface area contributed by atoms with Gasteiger partial charge in [0.25, 0.3) is 5.91 Å². The van der Waals surface area contributed by atoms with Crippen LogP contribution >= 0.6 is 0 Å². The molecule has 1 aromatic heterocycles. The first-order chi connectivity index (χ1) is 9.65. The van der Waals surface area contributed by atoms with E-state index in [0.717, 1.165) is 4.85 Å². The molecular formula is C12H12N4O4. The van der Waals surface area contributed by atoms with Gasteiger partial charge in [0.05, 0.1) is 0 Å². The number of carbonyl (C=O) groups excluding carboxylic acids is 2. The Morgan fingerprint density at radius 2 is 2.30 bits per heavy atom. The predicted octanol–water partition coefficient (Wildman–Crippen LogP) is 0.542. The van der Waals surface area contributed by atoms with Gasteiger partial charge in [0, 0.05) is 12.6 Å². The Morgan fingerprint density at radius 1 is 1.50 bits per heavy atom. The lowest BCUT2D eigenvalue weighted by atomic mass is 10.2. The van der Waals surface area contributed by atoms with Gasteiger partial charge in [-0.25, -0.2) is 4.79 Å². The molecule has 20 heavy (non-hydrogen) atoms. The van der Waals surface area contributed by atoms with Crippen molar-refractivity contribution in [1.82, 2.24) is 20.5 Å². The van der Waals surface area contributed by atoms with Crippen LogP contribution in [0.2, 0.25) is 0 Å². The van der Waals surface area contributed by atoms with Crippen molar-refractivity contribution in [3.8, 4) is 0 Å². The van der Waals surface area contributed by atoms with Gasteiger partial charge < -0.3 is 10.1 Å². The van der Waals surface area contributed by atoms with E-state index >= 15 is 0 Å². The van der Waals surface area contributed by atoms with E-state index in [2.05, 4.69) is 26.9 Å². The Kier molecular flexibility index (Phi) is 3.94. The highest BCUT2D eigenvalue weighted by Crippen LogP contribution is 2.12. The number of fused-ring (bicyclic) bond motifs is 1. The van der Waals surface area contributed by atoms with Gasteiger partial charge in [-0.2, -0.15) is 0 Å². The molecule has 1 heterocycles. The Hall–Kier alpha value is -2.90. The minimum absolute atomic E-state index is 0.0228. The molecule has 0 saturated heterocycles. The minimum atomic E-state index is -0.943. The maximum absolute atomic E-state index is 11.5. The summed E-state index contributed by atoms with van der Waals surface area (Å²) in [6.07, 6.45) is 0.465. The number of hydrogen-bond donors (Lipinski definition) is 1. The highest BCUT2D eigenvalue weighted by molar-refractivity contribution is 5.97. The smallest absolute Gasteiger partial charge is 0.428 e. The number of benzene rings is 1. The standard InChI is InChI=1S/C12H12N4O4/c1-3-6-19-12(18)20-16-10-7-8(11(17)13-2)4-5-9(10)14-15-16/h3-5,7H,1,6H2,2H3,(H,13,17). The van der Waals surface area contributed by atoms with Crippen LogP contribution in [0, 0.1) is 0 Å². The number of carbonyl (C=O) groups is 2. The van der Waals surface area contributed by atoms with E-state index in [1.807, 2.05) is 0 Å². The summed E-state index contributed by atoms with van der Waals surface area (Å²) in [5.41, 5.74) is 1.25. The van der Waals surface area contributed by atoms with Crippen LogP contribution in [0.3, 0.4) is 0 Å². The number of nitrogens with one attached hydrogen (secondary N) is 1. The van der Waals surface area contributed by atoms with E-state index in [-0.39, 0.29) is 12.5 Å². The lowest BCUT2D eigenvalue weighted by molar-refractivity contribution is 0.0464. The lowest BCUT2D eigenvalue weighted by Gasteiger charge is -2.03. The molecule has 8 heteroatoms. The van der Waals surface area contributed by atoms with Gasteiger partial charge in [-0.15, -0.1) is 5.10 Å². The van der Waals surface area contributed by atoms with E-state index in [9.17, 15) is 9.59 Å². The number of nitrogens with zero attached hydrogens (tertiary/aromatic N) is 3. The van der Waals surface area contributed by atoms with E-state index in [1.54, 1.807) is 12.1 Å². The average molecular weight is 276 g/mol. The Bertz CT molecular complexity index is 665. The van der Waals surface area contributed by atoms with Crippen LogP contribution in [0.1, 0.15) is 10.4 Å². The third kappa shape index (κ3) is 2.74. The largest absolute Gasteiger partial charge is 0.535 e. The predicted molar refractivity (Wildman–Crippen MR) is 69.0 cm³/mol. The molecule has 2 rings (SSSR count). The second-order valence-corrected chi connectivity index (χ2v) is 3.69. The molecule has 0 unspecified atom stereocenters. The first kappa shape index (κ1) is 13.5. The number of ether oxygens (including phenoxy) is 1. The summed E-state index contributed by atoms with van der Waals surface area (Å²) in [5, 5.41) is 9.96. The average Bonchev–Trinajstić information content (AvgIpc) is 2.86. The number of hydrogen-bond acceptors (Lipinski definition) is 6. The van der Waals surface area contributed by atoms with Crippen LogP contribution in [0.25, 0.3) is 11.0 Å². The molecule has 1 amide bonds. The van der Waals surface area contributed by atoms with Gasteiger partial charge in [-0.3, -0.25) is 9.63 Å². The highest BCUT2D eigenvalue weighted by Gasteiger charge is 2.13. The molecule has 2 aromatic rings. The maximum atomic E-state index is 11.5. The van der Waals surface area contributed by atoms with Gasteiger partial charge in [0.1, 0.15) is 17.6 Å². The lowest BCUT2D eigenvalue weighted by Crippen LogP contribution is -2.22. The van der Waals surface area contributed by atoms with Crippen LogP contribution in [-0.4, -0.2) is 40.9 Å². The molecule has 0 bridgehead atoms. The summed E-state index contributed by atoms with van der Waals surface area (Å²) in [5.74, 6) is -0.270. The fourth-order valence-corrected chi connectivity index (χ4v) is 1.48. The number of aromatic nitrogens is 3. The van der Waals surface area contributed by atoms with Crippen molar-refractivity contribution in [2.45, 2.75) is 0 Å². The quantitative estimate of drug-likeness (QED) is 0.497. The summed E-state index contributed by atoms with van der Waals surface area (Å²) in [6, 6.07) is 4.70. The second-order valence-electron chi connectivity index (χ2n) is 3.69. The van der Waals surface area contributed by atoms with Crippen molar-refractivity contribution in [3.05, 3.63) is 36.4 Å². The summed E-state index contributed by atoms with van der Waals surface area (Å²) in [6.45, 7) is 3.43. The number of rotatable bonds is 4. The zero-order valence-electron chi connectivity index (χ0n) is 10.7. The zero-order chi connectivity index (χ0) is 14.5. The fourth-order valence-electron chi connectivity index (χ4n) is 1.48. The summed E-state index contributed by atoms with van der Waals surface area (Å²) >= 11 is 0. The summed E-state index contributed by atoms with van der Waals surface area (Å²) in [4.78, 5) is 28.6. The van der Waals surface area contributed by atoms with Gasteiger partial charge in [0.15, 0.2) is 0 Å². The van der Waals surface area contributed by atoms with Crippen LogP contribution in [0.15, 0.2) is 30.9 Å². The van der Waals surface area contributed by atoms with Crippen LogP contribution in [0.5, 0.6) is 0 Å². The third-order valence-electron chi connectivity index (χ3n) is 2.38. The second kappa shape index (κ2) is 5.83. The zero-order valence-corrected chi connectivity index (χ0v) is 10.7. The molecule has 8 nitrogen and oxygen atoms in total. The van der Waals surface area contributed by atoms with Crippen molar-refractivity contribution in [2.24, 2.45) is 0 Å². The molecule has 0 spiro atoms. The van der Waals surface area contributed by atoms with Crippen molar-refractivity contribution in [2.75, 3.05) is 13.7 Å². The van der Waals surface area contributed by atoms with E-state index in [0.29, 0.717) is 16.6 Å². The van der Waals surface area contributed by atoms with Gasteiger partial charge in [0.2, 0.25) is 0 Å². The summed E-state index contributed by atoms with van der Waals surface area (Å²) in [7, 11) is 1.52. The van der Waals surface area contributed by atoms with E-state index in [1.165, 1.54) is 19.2 Å². The molecule has 0 radical (unpaired) electrons. The molecule has 0 aliphatic rings. The van der Waals surface area contributed by atoms with Gasteiger partial charge >= 0.3 is 6.16 Å². The van der Waals surface area contributed by atoms with E-state index < -0.39 is 6.16 Å². The highest BCUT2D eigenvalue weighted by atomic mass is 16.8. The fraction of sp³-hybridized carbons (Fsp3) is 0.167. The minimum Gasteiger partial charge on any atom is -0.428 e. The molecule has 104 valence electrons. The van der Waals surface area contributed by atoms with Crippen LogP contribution < -0.4 is 10.2 Å². The Labute approximate surface area is 113 Å². The first-order valence-corrected chi connectivity index (χ1v) is 5.69. The van der Waals surface area contributed by atoms with Gasteiger partial charge in [-0.05, 0) is 23.4 Å². The number of amides is 1. The topological polar surface area (TPSA) is 95.3 Å². The normalized spacial score (nSPS) is 10.1. The third-order valence-corrected chi connectivity index (χ3v) is 2.38. The molecule has 0 aliphatic carbocycles. The van der Waals surface area contributed by atoms with Crippen LogP contribution in [-0.2, 0) is 4.74 Å².